The molecule has 0 amide bonds. The van der Waals surface area contributed by atoms with Crippen molar-refractivity contribution >= 4 is 39.1 Å². The van der Waals surface area contributed by atoms with E-state index in [-0.39, 0.29) is 5.12 Å². The minimum atomic E-state index is 0.0453. The summed E-state index contributed by atoms with van der Waals surface area (Å²) in [6.45, 7) is 6.40. The van der Waals surface area contributed by atoms with Gasteiger partial charge in [-0.1, -0.05) is 56.8 Å². The summed E-state index contributed by atoms with van der Waals surface area (Å²) in [6.07, 6.45) is 1.86. The van der Waals surface area contributed by atoms with Crippen LogP contribution in [0, 0.1) is 0 Å². The van der Waals surface area contributed by atoms with E-state index in [1.54, 1.807) is 11.8 Å². The first-order chi connectivity index (χ1) is 9.10. The van der Waals surface area contributed by atoms with E-state index < -0.39 is 0 Å². The van der Waals surface area contributed by atoms with E-state index in [9.17, 15) is 4.79 Å². The van der Waals surface area contributed by atoms with Gasteiger partial charge in [-0.25, -0.2) is 4.99 Å². The van der Waals surface area contributed by atoms with Crippen LogP contribution in [0.4, 0.5) is 0 Å². The molecule has 1 aliphatic heterocycles. The van der Waals surface area contributed by atoms with Crippen LogP contribution in [0.3, 0.4) is 0 Å². The van der Waals surface area contributed by atoms with Crippen LogP contribution >= 0.6 is 23.5 Å². The topological polar surface area (TPSA) is 29.4 Å². The van der Waals surface area contributed by atoms with Crippen molar-refractivity contribution in [2.45, 2.75) is 26.7 Å². The van der Waals surface area contributed by atoms with Crippen LogP contribution in [-0.4, -0.2) is 15.2 Å². The summed E-state index contributed by atoms with van der Waals surface area (Å²) in [4.78, 5) is 16.2. The van der Waals surface area contributed by atoms with Gasteiger partial charge in [0.25, 0.3) is 0 Å². The molecule has 0 aromatic heterocycles. The summed E-state index contributed by atoms with van der Waals surface area (Å²) >= 11 is 2.85. The Bertz CT molecular complexity index is 530. The summed E-state index contributed by atoms with van der Waals surface area (Å²) in [5.74, 6) is 1.46. The maximum absolute atomic E-state index is 11.8. The molecule has 0 radical (unpaired) electrons. The molecule has 0 atom stereocenters. The zero-order valence-electron chi connectivity index (χ0n) is 11.3. The average Bonchev–Trinajstić information content (AvgIpc) is 2.71. The van der Waals surface area contributed by atoms with E-state index in [0.29, 0.717) is 11.6 Å². The van der Waals surface area contributed by atoms with Gasteiger partial charge in [0.2, 0.25) is 5.12 Å². The molecule has 19 heavy (non-hydrogen) atoms. The molecule has 4 heteroatoms. The van der Waals surface area contributed by atoms with Gasteiger partial charge >= 0.3 is 0 Å². The minimum absolute atomic E-state index is 0.0453. The van der Waals surface area contributed by atoms with Crippen molar-refractivity contribution in [3.8, 4) is 0 Å². The number of carbonyl (C=O) groups is 1. The Morgan fingerprint density at radius 3 is 2.58 bits per heavy atom. The van der Waals surface area contributed by atoms with Gasteiger partial charge in [-0.15, -0.1) is 0 Å². The fourth-order valence-electron chi connectivity index (χ4n) is 1.71. The largest absolute Gasteiger partial charge is 0.279 e. The lowest BCUT2D eigenvalue weighted by molar-refractivity contribution is -0.107. The van der Waals surface area contributed by atoms with Crippen molar-refractivity contribution in [2.75, 3.05) is 5.75 Å². The molecule has 100 valence electrons. The first-order valence-corrected chi connectivity index (χ1v) is 8.15. The van der Waals surface area contributed by atoms with E-state index in [0.717, 1.165) is 15.7 Å². The SMILES string of the molecule is CCSC1=N/C(=C\c2ccc(C(C)C)cc2)C(=O)S1. The molecule has 2 nitrogen and oxygen atoms in total. The standard InChI is InChI=1S/C15H17NOS2/c1-4-18-15-16-13(14(17)19-15)9-11-5-7-12(8-6-11)10(2)3/h5-10H,4H2,1-3H3/b13-9-. The summed E-state index contributed by atoms with van der Waals surface area (Å²) in [5.41, 5.74) is 2.89. The number of hydrogen-bond donors (Lipinski definition) is 0. The van der Waals surface area contributed by atoms with Gasteiger partial charge in [0, 0.05) is 0 Å². The lowest BCUT2D eigenvalue weighted by atomic mass is 10.0. The fraction of sp³-hybridized carbons (Fsp3) is 0.333. The molecule has 0 saturated carbocycles. The van der Waals surface area contributed by atoms with Gasteiger partial charge in [-0.3, -0.25) is 4.79 Å². The summed E-state index contributed by atoms with van der Waals surface area (Å²) in [5, 5.41) is 0.0453. The second-order valence-electron chi connectivity index (χ2n) is 4.55. The molecular weight excluding hydrogens is 274 g/mol. The van der Waals surface area contributed by atoms with Gasteiger partial charge in [0.1, 0.15) is 10.1 Å². The predicted molar refractivity (Wildman–Crippen MR) is 86.7 cm³/mol. The van der Waals surface area contributed by atoms with Crippen LogP contribution in [0.1, 0.15) is 37.8 Å². The van der Waals surface area contributed by atoms with Gasteiger partial charge in [0.15, 0.2) is 0 Å². The number of carbonyl (C=O) groups excluding carboxylic acids is 1. The maximum Gasteiger partial charge on any atom is 0.244 e. The van der Waals surface area contributed by atoms with E-state index >= 15 is 0 Å². The smallest absolute Gasteiger partial charge is 0.244 e. The Morgan fingerprint density at radius 1 is 1.32 bits per heavy atom. The van der Waals surface area contributed by atoms with Gasteiger partial charge < -0.3 is 0 Å². The molecule has 1 aromatic rings. The molecule has 0 aliphatic carbocycles. The van der Waals surface area contributed by atoms with Crippen LogP contribution < -0.4 is 0 Å². The average molecular weight is 291 g/mol. The lowest BCUT2D eigenvalue weighted by Gasteiger charge is -2.04. The van der Waals surface area contributed by atoms with E-state index in [1.165, 1.54) is 17.3 Å². The summed E-state index contributed by atoms with van der Waals surface area (Å²) in [7, 11) is 0. The van der Waals surface area contributed by atoms with Crippen LogP contribution in [0.15, 0.2) is 35.0 Å². The molecule has 0 saturated heterocycles. The summed E-state index contributed by atoms with van der Waals surface area (Å²) < 4.78 is 0.859. The molecule has 0 N–H and O–H groups in total. The van der Waals surface area contributed by atoms with E-state index in [2.05, 4.69) is 37.9 Å². The highest BCUT2D eigenvalue weighted by molar-refractivity contribution is 8.45. The molecule has 1 aliphatic rings. The third-order valence-electron chi connectivity index (χ3n) is 2.78. The maximum atomic E-state index is 11.8. The van der Waals surface area contributed by atoms with Gasteiger partial charge in [0.05, 0.1) is 0 Å². The molecule has 2 rings (SSSR count). The molecular formula is C15H17NOS2. The Kier molecular flexibility index (Phi) is 4.88. The second kappa shape index (κ2) is 6.44. The molecule has 1 heterocycles. The third kappa shape index (κ3) is 3.74. The van der Waals surface area contributed by atoms with Gasteiger partial charge in [-0.05, 0) is 40.6 Å². The second-order valence-corrected chi connectivity index (χ2v) is 7.02. The summed E-state index contributed by atoms with van der Waals surface area (Å²) in [6, 6.07) is 8.30. The number of hydrogen-bond acceptors (Lipinski definition) is 4. The van der Waals surface area contributed by atoms with Crippen LogP contribution in [-0.2, 0) is 4.79 Å². The van der Waals surface area contributed by atoms with Crippen molar-refractivity contribution in [1.82, 2.24) is 0 Å². The number of benzene rings is 1. The number of rotatable bonds is 3. The molecule has 0 fully saturated rings. The van der Waals surface area contributed by atoms with Crippen molar-refractivity contribution in [2.24, 2.45) is 4.99 Å². The number of thioether (sulfide) groups is 2. The molecule has 1 aromatic carbocycles. The molecule has 0 spiro atoms. The van der Waals surface area contributed by atoms with E-state index in [1.807, 2.05) is 18.2 Å². The monoisotopic (exact) mass is 291 g/mol. The lowest BCUT2D eigenvalue weighted by Crippen LogP contribution is -1.89. The minimum Gasteiger partial charge on any atom is -0.279 e. The zero-order chi connectivity index (χ0) is 13.8. The van der Waals surface area contributed by atoms with Gasteiger partial charge in [-0.2, -0.15) is 0 Å². The Morgan fingerprint density at radius 2 is 2.00 bits per heavy atom. The van der Waals surface area contributed by atoms with Crippen molar-refractivity contribution < 1.29 is 4.79 Å². The quantitative estimate of drug-likeness (QED) is 0.766. The predicted octanol–water partition coefficient (Wildman–Crippen LogP) is 4.53. The first kappa shape index (κ1) is 14.4. The Balaban J connectivity index is 2.19. The van der Waals surface area contributed by atoms with Crippen molar-refractivity contribution in [3.63, 3.8) is 0 Å². The third-order valence-corrected chi connectivity index (χ3v) is 4.67. The van der Waals surface area contributed by atoms with E-state index in [4.69, 9.17) is 0 Å². The first-order valence-electron chi connectivity index (χ1n) is 6.35. The molecule has 0 bridgehead atoms. The van der Waals surface area contributed by atoms with Crippen LogP contribution in [0.5, 0.6) is 0 Å². The highest BCUT2D eigenvalue weighted by atomic mass is 32.2. The molecule has 0 unspecified atom stereocenters. The van der Waals surface area contributed by atoms with Crippen molar-refractivity contribution in [1.29, 1.82) is 0 Å². The van der Waals surface area contributed by atoms with Crippen LogP contribution in [0.25, 0.3) is 6.08 Å². The van der Waals surface area contributed by atoms with Crippen molar-refractivity contribution in [3.05, 3.63) is 41.1 Å². The Hall–Kier alpha value is -1.000. The highest BCUT2D eigenvalue weighted by Crippen LogP contribution is 2.30. The normalized spacial score (nSPS) is 17.4. The fourth-order valence-corrected chi connectivity index (χ4v) is 3.45. The zero-order valence-corrected chi connectivity index (χ0v) is 13.0. The van der Waals surface area contributed by atoms with Crippen LogP contribution in [0.2, 0.25) is 0 Å². The number of aliphatic imine (C=N–C) groups is 1. The number of nitrogens with zero attached hydrogens (tertiary/aromatic N) is 1. The Labute approximate surface area is 122 Å². The highest BCUT2D eigenvalue weighted by Gasteiger charge is 2.21.